The van der Waals surface area contributed by atoms with E-state index in [9.17, 15) is 19.0 Å². The van der Waals surface area contributed by atoms with E-state index in [1.165, 1.54) is 347 Å². The van der Waals surface area contributed by atoms with E-state index in [1.807, 2.05) is 0 Å². The Morgan fingerprint density at radius 1 is 0.341 bits per heavy atom. The molecular formula is C75H146NO8P. The van der Waals surface area contributed by atoms with Crippen molar-refractivity contribution in [2.24, 2.45) is 5.73 Å². The van der Waals surface area contributed by atoms with Gasteiger partial charge in [0, 0.05) is 19.4 Å². The number of carbonyl (C=O) groups is 2. The SMILES string of the molecule is CCCCCCCCCC/C=C\CCCCCCCCCCCCCCCCCCCCCCCCCCCCCCCC(=O)OC(COC(=O)CCCCCCCCCCCCC/C=C\CCCCCCCCCC)COP(=O)(O)OCCN. The molecule has 0 heterocycles. The molecule has 10 heteroatoms. The maximum Gasteiger partial charge on any atom is 0.472 e. The molecule has 9 nitrogen and oxygen atoms in total. The summed E-state index contributed by atoms with van der Waals surface area (Å²) in [4.78, 5) is 35.4. The topological polar surface area (TPSA) is 134 Å². The molecule has 0 spiro atoms. The van der Waals surface area contributed by atoms with Crippen LogP contribution >= 0.6 is 7.82 Å². The van der Waals surface area contributed by atoms with Crippen LogP contribution in [0.3, 0.4) is 0 Å². The fourth-order valence-corrected chi connectivity index (χ4v) is 12.5. The molecule has 2 unspecified atom stereocenters. The van der Waals surface area contributed by atoms with Crippen LogP contribution in [0.25, 0.3) is 0 Å². The van der Waals surface area contributed by atoms with Gasteiger partial charge >= 0.3 is 19.8 Å². The van der Waals surface area contributed by atoms with E-state index >= 15 is 0 Å². The summed E-state index contributed by atoms with van der Waals surface area (Å²) in [6.07, 6.45) is 88.9. The Bertz CT molecular complexity index is 1440. The Hall–Kier alpha value is -1.51. The molecule has 2 atom stereocenters. The molecule has 0 aromatic rings. The number of hydrogen-bond acceptors (Lipinski definition) is 8. The van der Waals surface area contributed by atoms with Crippen LogP contribution in [0.5, 0.6) is 0 Å². The summed E-state index contributed by atoms with van der Waals surface area (Å²) in [6, 6.07) is 0. The van der Waals surface area contributed by atoms with Gasteiger partial charge in [0.15, 0.2) is 6.10 Å². The standard InChI is InChI=1S/C75H146NO8P/c1-3-5-7-9-11-13-15-17-19-21-23-25-27-28-29-30-31-32-33-34-35-36-37-38-39-40-41-42-43-44-46-48-50-52-54-56-58-60-62-64-66-68-75(78)84-73(72-83-85(79,80)82-70-69-76)71-81-74(77)67-65-63-61-59-57-55-53-51-49-47-45-26-24-22-20-18-16-14-12-10-8-6-4-2/h21-24,73H,3-20,25-72,76H2,1-2H3,(H,79,80)/b23-21-,24-22-. The molecule has 0 aliphatic carbocycles. The Labute approximate surface area is 529 Å². The number of allylic oxidation sites excluding steroid dienone is 4. The van der Waals surface area contributed by atoms with Gasteiger partial charge in [0.05, 0.1) is 13.2 Å². The molecule has 3 N–H and O–H groups in total. The van der Waals surface area contributed by atoms with E-state index in [1.54, 1.807) is 0 Å². The number of nitrogens with two attached hydrogens (primary N) is 1. The van der Waals surface area contributed by atoms with Crippen LogP contribution in [-0.2, 0) is 32.7 Å². The van der Waals surface area contributed by atoms with Crippen molar-refractivity contribution in [2.45, 2.75) is 418 Å². The second kappa shape index (κ2) is 71.6. The molecule has 0 radical (unpaired) electrons. The van der Waals surface area contributed by atoms with Gasteiger partial charge in [0.1, 0.15) is 6.61 Å². The lowest BCUT2D eigenvalue weighted by Gasteiger charge is -2.19. The fourth-order valence-electron chi connectivity index (χ4n) is 11.7. The first-order valence-electron chi connectivity index (χ1n) is 37.8. The summed E-state index contributed by atoms with van der Waals surface area (Å²) in [5, 5.41) is 0. The van der Waals surface area contributed by atoms with E-state index < -0.39 is 26.5 Å². The first-order valence-corrected chi connectivity index (χ1v) is 39.3. The number of carbonyl (C=O) groups excluding carboxylic acids is 2. The first-order chi connectivity index (χ1) is 41.8. The summed E-state index contributed by atoms with van der Waals surface area (Å²) < 4.78 is 33.2. The molecule has 0 bridgehead atoms. The van der Waals surface area contributed by atoms with E-state index in [-0.39, 0.29) is 38.6 Å². The summed E-state index contributed by atoms with van der Waals surface area (Å²) in [7, 11) is -4.39. The maximum atomic E-state index is 12.8. The van der Waals surface area contributed by atoms with Crippen molar-refractivity contribution in [3.63, 3.8) is 0 Å². The number of rotatable bonds is 73. The van der Waals surface area contributed by atoms with Gasteiger partial charge < -0.3 is 20.1 Å². The maximum absolute atomic E-state index is 12.8. The highest BCUT2D eigenvalue weighted by molar-refractivity contribution is 7.47. The third kappa shape index (κ3) is 71.4. The molecule has 504 valence electrons. The van der Waals surface area contributed by atoms with Crippen LogP contribution < -0.4 is 5.73 Å². The molecule has 0 saturated heterocycles. The van der Waals surface area contributed by atoms with Gasteiger partial charge in [-0.3, -0.25) is 18.6 Å². The molecule has 0 amide bonds. The van der Waals surface area contributed by atoms with Gasteiger partial charge in [0.2, 0.25) is 0 Å². The molecule has 0 fully saturated rings. The lowest BCUT2D eigenvalue weighted by Crippen LogP contribution is -2.29. The smallest absolute Gasteiger partial charge is 0.462 e. The van der Waals surface area contributed by atoms with Crippen LogP contribution in [0.15, 0.2) is 24.3 Å². The highest BCUT2D eigenvalue weighted by Gasteiger charge is 2.26. The third-order valence-corrected chi connectivity index (χ3v) is 18.3. The van der Waals surface area contributed by atoms with Crippen LogP contribution in [0.4, 0.5) is 0 Å². The van der Waals surface area contributed by atoms with Crippen molar-refractivity contribution in [1.29, 1.82) is 0 Å². The number of unbranched alkanes of at least 4 members (excludes halogenated alkanes) is 56. The number of esters is 2. The Morgan fingerprint density at radius 2 is 0.576 bits per heavy atom. The first kappa shape index (κ1) is 83.5. The summed E-state index contributed by atoms with van der Waals surface area (Å²) in [6.45, 7) is 3.82. The van der Waals surface area contributed by atoms with Crippen LogP contribution in [0, 0.1) is 0 Å². The summed E-state index contributed by atoms with van der Waals surface area (Å²) in [5.41, 5.74) is 5.41. The largest absolute Gasteiger partial charge is 0.472 e. The number of ether oxygens (including phenoxy) is 2. The van der Waals surface area contributed by atoms with Gasteiger partial charge in [-0.1, -0.05) is 359 Å². The van der Waals surface area contributed by atoms with Crippen molar-refractivity contribution < 1.29 is 37.6 Å². The van der Waals surface area contributed by atoms with E-state index in [0.717, 1.165) is 32.1 Å². The highest BCUT2D eigenvalue weighted by atomic mass is 31.2. The zero-order valence-corrected chi connectivity index (χ0v) is 57.8. The van der Waals surface area contributed by atoms with Gasteiger partial charge in [-0.15, -0.1) is 0 Å². The van der Waals surface area contributed by atoms with Crippen molar-refractivity contribution >= 4 is 19.8 Å². The Balaban J connectivity index is 3.73. The molecule has 0 aliphatic heterocycles. The van der Waals surface area contributed by atoms with E-state index in [0.29, 0.717) is 6.42 Å². The summed E-state index contributed by atoms with van der Waals surface area (Å²) >= 11 is 0. The molecular weight excluding hydrogens is 1070 g/mol. The normalized spacial score (nSPS) is 12.9. The second-order valence-corrected chi connectivity index (χ2v) is 27.3. The van der Waals surface area contributed by atoms with Gasteiger partial charge in [0.25, 0.3) is 0 Å². The number of phosphoric ester groups is 1. The number of phosphoric acid groups is 1. The fraction of sp³-hybridized carbons (Fsp3) is 0.920. The van der Waals surface area contributed by atoms with Crippen molar-refractivity contribution in [2.75, 3.05) is 26.4 Å². The average Bonchev–Trinajstić information content (AvgIpc) is 3.52. The van der Waals surface area contributed by atoms with Crippen LogP contribution in [0.1, 0.15) is 412 Å². The van der Waals surface area contributed by atoms with Crippen molar-refractivity contribution in [3.8, 4) is 0 Å². The quantitative estimate of drug-likeness (QED) is 0.0264. The predicted molar refractivity (Wildman–Crippen MR) is 368 cm³/mol. The monoisotopic (exact) mass is 1220 g/mol. The zero-order valence-electron chi connectivity index (χ0n) is 56.9. The highest BCUT2D eigenvalue weighted by Crippen LogP contribution is 2.43. The lowest BCUT2D eigenvalue weighted by atomic mass is 10.0. The van der Waals surface area contributed by atoms with Crippen molar-refractivity contribution in [1.82, 2.24) is 0 Å². The van der Waals surface area contributed by atoms with E-state index in [2.05, 4.69) is 38.2 Å². The van der Waals surface area contributed by atoms with Crippen LogP contribution in [0.2, 0.25) is 0 Å². The average molecular weight is 1220 g/mol. The minimum atomic E-state index is -4.39. The zero-order chi connectivity index (χ0) is 61.6. The van der Waals surface area contributed by atoms with Gasteiger partial charge in [-0.25, -0.2) is 4.57 Å². The molecule has 85 heavy (non-hydrogen) atoms. The minimum Gasteiger partial charge on any atom is -0.462 e. The third-order valence-electron chi connectivity index (χ3n) is 17.3. The lowest BCUT2D eigenvalue weighted by molar-refractivity contribution is -0.161. The second-order valence-electron chi connectivity index (χ2n) is 25.9. The molecule has 0 aliphatic rings. The molecule has 0 saturated carbocycles. The van der Waals surface area contributed by atoms with Crippen molar-refractivity contribution in [3.05, 3.63) is 24.3 Å². The molecule has 0 aromatic heterocycles. The molecule has 0 aromatic carbocycles. The van der Waals surface area contributed by atoms with Gasteiger partial charge in [-0.2, -0.15) is 0 Å². The number of hydrogen-bond donors (Lipinski definition) is 2. The van der Waals surface area contributed by atoms with E-state index in [4.69, 9.17) is 24.3 Å². The predicted octanol–water partition coefficient (Wildman–Crippen LogP) is 24.9. The minimum absolute atomic E-state index is 0.0566. The Kier molecular flexibility index (Phi) is 70.3. The summed E-state index contributed by atoms with van der Waals surface area (Å²) in [5.74, 6) is -0.804. The van der Waals surface area contributed by atoms with Crippen LogP contribution in [-0.4, -0.2) is 49.3 Å². The molecule has 0 rings (SSSR count). The van der Waals surface area contributed by atoms with Gasteiger partial charge in [-0.05, 0) is 64.2 Å². The Morgan fingerprint density at radius 3 is 0.835 bits per heavy atom.